The summed E-state index contributed by atoms with van der Waals surface area (Å²) in [5, 5.41) is 0. The van der Waals surface area contributed by atoms with Crippen LogP contribution in [-0.4, -0.2) is 84.8 Å². The number of nitrogens with zero attached hydrogens (tertiary/aromatic N) is 4. The number of hydrogen-bond acceptors (Lipinski definition) is 4. The lowest BCUT2D eigenvalue weighted by atomic mass is 10.1. The van der Waals surface area contributed by atoms with Crippen LogP contribution in [0.25, 0.3) is 0 Å². The predicted molar refractivity (Wildman–Crippen MR) is 124 cm³/mol. The molecule has 1 unspecified atom stereocenters. The van der Waals surface area contributed by atoms with Crippen LogP contribution in [0, 0.1) is 5.92 Å². The highest BCUT2D eigenvalue weighted by Gasteiger charge is 2.38. The van der Waals surface area contributed by atoms with Crippen molar-refractivity contribution in [3.8, 4) is 0 Å². The molecular weight excluding hydrogens is 404 g/mol. The van der Waals surface area contributed by atoms with Crippen LogP contribution < -0.4 is 4.90 Å². The number of piperazine rings is 1. The Kier molecular flexibility index (Phi) is 7.45. The molecule has 1 aromatic carbocycles. The summed E-state index contributed by atoms with van der Waals surface area (Å²) in [4.78, 5) is 46.1. The highest BCUT2D eigenvalue weighted by molar-refractivity contribution is 6.00. The Hall–Kier alpha value is -2.41. The van der Waals surface area contributed by atoms with Crippen LogP contribution in [0.4, 0.5) is 5.69 Å². The van der Waals surface area contributed by atoms with Crippen molar-refractivity contribution in [3.63, 3.8) is 0 Å². The average molecular weight is 441 g/mol. The van der Waals surface area contributed by atoms with Gasteiger partial charge in [-0.15, -0.1) is 0 Å². The third kappa shape index (κ3) is 5.31. The summed E-state index contributed by atoms with van der Waals surface area (Å²) in [5.41, 5.74) is 2.11. The first-order chi connectivity index (χ1) is 15.5. The van der Waals surface area contributed by atoms with Gasteiger partial charge in [-0.2, -0.15) is 0 Å². The number of rotatable bonds is 5. The van der Waals surface area contributed by atoms with Gasteiger partial charge in [0.2, 0.25) is 17.7 Å². The number of carbonyl (C=O) groups excluding carboxylic acids is 3. The number of likely N-dealkylation sites (tertiary alicyclic amines) is 1. The molecule has 0 radical (unpaired) electrons. The molecule has 1 atom stereocenters. The van der Waals surface area contributed by atoms with Gasteiger partial charge in [-0.1, -0.05) is 31.9 Å². The summed E-state index contributed by atoms with van der Waals surface area (Å²) in [6.07, 6.45) is 5.89. The van der Waals surface area contributed by atoms with Gasteiger partial charge in [0.15, 0.2) is 0 Å². The van der Waals surface area contributed by atoms with E-state index >= 15 is 0 Å². The summed E-state index contributed by atoms with van der Waals surface area (Å²) >= 11 is 0. The highest BCUT2D eigenvalue weighted by Crippen LogP contribution is 2.27. The van der Waals surface area contributed by atoms with Crippen LogP contribution in [0.2, 0.25) is 0 Å². The van der Waals surface area contributed by atoms with Crippen molar-refractivity contribution in [2.24, 2.45) is 5.92 Å². The summed E-state index contributed by atoms with van der Waals surface area (Å²) in [7, 11) is 0. The molecule has 3 aliphatic heterocycles. The second kappa shape index (κ2) is 10.5. The first-order valence-electron chi connectivity index (χ1n) is 12.2. The van der Waals surface area contributed by atoms with Crippen LogP contribution in [0.5, 0.6) is 0 Å². The van der Waals surface area contributed by atoms with E-state index in [1.54, 1.807) is 4.90 Å². The first-order valence-corrected chi connectivity index (χ1v) is 12.2. The Bertz CT molecular complexity index is 809. The van der Waals surface area contributed by atoms with E-state index in [1.807, 2.05) is 34.1 Å². The number of carbonyl (C=O) groups is 3. The molecule has 0 bridgehead atoms. The van der Waals surface area contributed by atoms with Crippen LogP contribution in [0.15, 0.2) is 24.3 Å². The van der Waals surface area contributed by atoms with Crippen molar-refractivity contribution in [3.05, 3.63) is 29.8 Å². The van der Waals surface area contributed by atoms with Gasteiger partial charge >= 0.3 is 0 Å². The van der Waals surface area contributed by atoms with Crippen LogP contribution in [0.1, 0.15) is 44.6 Å². The van der Waals surface area contributed by atoms with Crippen molar-refractivity contribution in [1.82, 2.24) is 14.7 Å². The largest absolute Gasteiger partial charge is 0.342 e. The van der Waals surface area contributed by atoms with Gasteiger partial charge in [-0.3, -0.25) is 19.3 Å². The van der Waals surface area contributed by atoms with Crippen molar-refractivity contribution in [2.75, 3.05) is 57.3 Å². The third-order valence-electron chi connectivity index (χ3n) is 7.13. The van der Waals surface area contributed by atoms with Gasteiger partial charge in [-0.25, -0.2) is 0 Å². The van der Waals surface area contributed by atoms with Crippen LogP contribution >= 0.6 is 0 Å². The molecule has 1 aromatic rings. The van der Waals surface area contributed by atoms with Gasteiger partial charge < -0.3 is 14.7 Å². The minimum absolute atomic E-state index is 0.0225. The summed E-state index contributed by atoms with van der Waals surface area (Å²) in [5.74, 6) is 0.0373. The molecule has 4 rings (SSSR count). The fourth-order valence-electron chi connectivity index (χ4n) is 5.03. The smallest absolute Gasteiger partial charge is 0.236 e. The minimum atomic E-state index is -0.279. The van der Waals surface area contributed by atoms with Gasteiger partial charge in [0, 0.05) is 57.9 Å². The molecule has 0 aliphatic carbocycles. The number of anilines is 1. The van der Waals surface area contributed by atoms with Gasteiger partial charge in [0.25, 0.3) is 0 Å². The molecule has 7 heteroatoms. The van der Waals surface area contributed by atoms with Gasteiger partial charge in [0.1, 0.15) is 0 Å². The number of hydrogen-bond donors (Lipinski definition) is 0. The molecular formula is C25H36N4O3. The van der Waals surface area contributed by atoms with E-state index in [2.05, 4.69) is 11.8 Å². The summed E-state index contributed by atoms with van der Waals surface area (Å²) in [6, 6.07) is 8.04. The Labute approximate surface area is 191 Å². The van der Waals surface area contributed by atoms with Crippen molar-refractivity contribution in [1.29, 1.82) is 0 Å². The Morgan fingerprint density at radius 3 is 2.16 bits per heavy atom. The molecule has 3 fully saturated rings. The van der Waals surface area contributed by atoms with E-state index in [9.17, 15) is 14.4 Å². The maximum atomic E-state index is 13.1. The second-order valence-corrected chi connectivity index (χ2v) is 9.32. The maximum Gasteiger partial charge on any atom is 0.236 e. The van der Waals surface area contributed by atoms with Crippen LogP contribution in [-0.2, 0) is 20.8 Å². The lowest BCUT2D eigenvalue weighted by Gasteiger charge is -2.36. The average Bonchev–Trinajstić information content (AvgIpc) is 3.01. The molecule has 7 nitrogen and oxygen atoms in total. The lowest BCUT2D eigenvalue weighted by Crippen LogP contribution is -2.53. The Morgan fingerprint density at radius 2 is 1.53 bits per heavy atom. The van der Waals surface area contributed by atoms with E-state index < -0.39 is 0 Å². The fourth-order valence-corrected chi connectivity index (χ4v) is 5.03. The molecule has 32 heavy (non-hydrogen) atoms. The Morgan fingerprint density at radius 1 is 0.875 bits per heavy atom. The molecule has 3 aliphatic rings. The zero-order chi connectivity index (χ0) is 22.5. The fraction of sp³-hybridized carbons (Fsp3) is 0.640. The molecule has 0 spiro atoms. The van der Waals surface area contributed by atoms with Crippen molar-refractivity contribution in [2.45, 2.75) is 45.4 Å². The monoisotopic (exact) mass is 440 g/mol. The molecule has 3 heterocycles. The second-order valence-electron chi connectivity index (χ2n) is 9.32. The van der Waals surface area contributed by atoms with E-state index in [1.165, 1.54) is 18.4 Å². The summed E-state index contributed by atoms with van der Waals surface area (Å²) < 4.78 is 0. The highest BCUT2D eigenvalue weighted by atomic mass is 16.2. The molecule has 3 amide bonds. The zero-order valence-corrected chi connectivity index (χ0v) is 19.3. The van der Waals surface area contributed by atoms with E-state index in [0.29, 0.717) is 39.3 Å². The molecule has 0 N–H and O–H groups in total. The van der Waals surface area contributed by atoms with Gasteiger partial charge in [-0.05, 0) is 37.0 Å². The first kappa shape index (κ1) is 22.8. The van der Waals surface area contributed by atoms with Crippen LogP contribution in [0.3, 0.4) is 0 Å². The molecule has 0 saturated carbocycles. The third-order valence-corrected chi connectivity index (χ3v) is 7.13. The number of benzene rings is 1. The number of amides is 3. The SMILES string of the molecule is CCc1ccc(N2CC(C(=O)N3CCN(CC(=O)N4CCCCCC4)CC3)CC2=O)cc1. The zero-order valence-electron chi connectivity index (χ0n) is 19.3. The topological polar surface area (TPSA) is 64.2 Å². The standard InChI is InChI=1S/C25H36N4O3/c1-2-20-7-9-22(10-8-20)29-18-21(17-23(29)30)25(32)28-15-13-26(14-16-28)19-24(31)27-11-5-3-4-6-12-27/h7-10,21H,2-6,11-19H2,1H3. The molecule has 3 saturated heterocycles. The lowest BCUT2D eigenvalue weighted by molar-refractivity contribution is -0.138. The minimum Gasteiger partial charge on any atom is -0.342 e. The molecule has 0 aromatic heterocycles. The summed E-state index contributed by atoms with van der Waals surface area (Å²) in [6.45, 7) is 7.46. The van der Waals surface area contributed by atoms with Gasteiger partial charge in [0.05, 0.1) is 12.5 Å². The maximum absolute atomic E-state index is 13.1. The predicted octanol–water partition coefficient (Wildman–Crippen LogP) is 2.15. The van der Waals surface area contributed by atoms with E-state index in [4.69, 9.17) is 0 Å². The van der Waals surface area contributed by atoms with Crippen molar-refractivity contribution < 1.29 is 14.4 Å². The van der Waals surface area contributed by atoms with E-state index in [0.717, 1.165) is 38.0 Å². The van der Waals surface area contributed by atoms with Crippen molar-refractivity contribution >= 4 is 23.4 Å². The molecule has 174 valence electrons. The normalized spacial score (nSPS) is 22.8. The Balaban J connectivity index is 1.26. The number of aryl methyl sites for hydroxylation is 1. The quantitative estimate of drug-likeness (QED) is 0.704. The van der Waals surface area contributed by atoms with E-state index in [-0.39, 0.29) is 30.1 Å².